The number of carbonyl (C=O) groups is 2. The number of hydrogen-bond donors (Lipinski definition) is 1. The highest BCUT2D eigenvalue weighted by Crippen LogP contribution is 2.42. The van der Waals surface area contributed by atoms with Crippen molar-refractivity contribution in [3.8, 4) is 0 Å². The molecule has 0 radical (unpaired) electrons. The van der Waals surface area contributed by atoms with Gasteiger partial charge in [0, 0.05) is 12.6 Å². The van der Waals surface area contributed by atoms with Crippen LogP contribution in [-0.4, -0.2) is 27.9 Å². The quantitative estimate of drug-likeness (QED) is 0.905. The summed E-state index contributed by atoms with van der Waals surface area (Å²) in [6.07, 6.45) is -2.31. The van der Waals surface area contributed by atoms with Crippen LogP contribution in [0.2, 0.25) is 0 Å². The Balaban J connectivity index is 1.68. The number of rotatable bonds is 5. The summed E-state index contributed by atoms with van der Waals surface area (Å²) < 4.78 is 37.7. The van der Waals surface area contributed by atoms with E-state index in [-0.39, 0.29) is 18.5 Å². The third-order valence-corrected chi connectivity index (χ3v) is 4.33. The Morgan fingerprint density at radius 3 is 2.17 bits per heavy atom. The van der Waals surface area contributed by atoms with Crippen LogP contribution in [0, 0.1) is 11.8 Å². The monoisotopic (exact) mass is 327 g/mol. The molecule has 0 aliphatic heterocycles. The molecule has 2 fully saturated rings. The molecule has 124 valence electrons. The lowest BCUT2D eigenvalue weighted by molar-refractivity contribution is -0.142. The van der Waals surface area contributed by atoms with Gasteiger partial charge in [-0.3, -0.25) is 9.59 Å². The third-order valence-electron chi connectivity index (χ3n) is 4.33. The largest absolute Gasteiger partial charge is 0.481 e. The van der Waals surface area contributed by atoms with E-state index in [1.165, 1.54) is 12.1 Å². The number of nitrogens with zero attached hydrogens (tertiary/aromatic N) is 1. The number of aliphatic carboxylic acids is 1. The minimum absolute atomic E-state index is 0.0832. The van der Waals surface area contributed by atoms with Gasteiger partial charge in [0.1, 0.15) is 0 Å². The van der Waals surface area contributed by atoms with E-state index in [1.807, 2.05) is 0 Å². The molecule has 0 spiro atoms. The average molecular weight is 327 g/mol. The van der Waals surface area contributed by atoms with Crippen molar-refractivity contribution < 1.29 is 27.9 Å². The summed E-state index contributed by atoms with van der Waals surface area (Å²) in [7, 11) is 0. The molecule has 2 unspecified atom stereocenters. The predicted octanol–water partition coefficient (Wildman–Crippen LogP) is 2.92. The smallest absolute Gasteiger partial charge is 0.416 e. The zero-order chi connectivity index (χ0) is 16.8. The van der Waals surface area contributed by atoms with Crippen LogP contribution in [0.4, 0.5) is 13.2 Å². The summed E-state index contributed by atoms with van der Waals surface area (Å²) in [6.45, 7) is 0.227. The van der Waals surface area contributed by atoms with Gasteiger partial charge in [0.2, 0.25) is 5.91 Å². The van der Waals surface area contributed by atoms with Crippen molar-refractivity contribution in [2.45, 2.75) is 38.0 Å². The first-order valence-corrected chi connectivity index (χ1v) is 7.47. The molecule has 1 aromatic carbocycles. The molecule has 2 atom stereocenters. The van der Waals surface area contributed by atoms with Gasteiger partial charge in [-0.1, -0.05) is 12.1 Å². The van der Waals surface area contributed by atoms with Crippen LogP contribution in [0.3, 0.4) is 0 Å². The summed E-state index contributed by atoms with van der Waals surface area (Å²) in [4.78, 5) is 24.9. The SMILES string of the molecule is O=C(O)C1CC1C(=O)N(Cc1ccc(C(F)(F)F)cc1)C1CC1. The lowest BCUT2D eigenvalue weighted by atomic mass is 10.1. The summed E-state index contributed by atoms with van der Waals surface area (Å²) >= 11 is 0. The van der Waals surface area contributed by atoms with E-state index in [2.05, 4.69) is 0 Å². The first-order chi connectivity index (χ1) is 10.8. The average Bonchev–Trinajstić information content (AvgIpc) is 3.36. The maximum absolute atomic E-state index is 12.6. The number of carbonyl (C=O) groups excluding carboxylic acids is 1. The number of carboxylic acids is 1. The van der Waals surface area contributed by atoms with Crippen LogP contribution in [0.15, 0.2) is 24.3 Å². The number of carboxylic acid groups (broad SMARTS) is 1. The number of alkyl halides is 3. The Bertz CT molecular complexity index is 622. The lowest BCUT2D eigenvalue weighted by Gasteiger charge is -2.23. The van der Waals surface area contributed by atoms with Crippen LogP contribution in [0.25, 0.3) is 0 Å². The highest BCUT2D eigenvalue weighted by Gasteiger charge is 2.51. The minimum Gasteiger partial charge on any atom is -0.481 e. The molecule has 3 rings (SSSR count). The van der Waals surface area contributed by atoms with Gasteiger partial charge in [-0.05, 0) is 37.0 Å². The predicted molar refractivity (Wildman–Crippen MR) is 74.2 cm³/mol. The normalized spacial score (nSPS) is 23.4. The number of amides is 1. The Kier molecular flexibility index (Phi) is 3.82. The third kappa shape index (κ3) is 3.48. The van der Waals surface area contributed by atoms with Crippen LogP contribution in [-0.2, 0) is 22.3 Å². The molecular weight excluding hydrogens is 311 g/mol. The fraction of sp³-hybridized carbons (Fsp3) is 0.500. The molecule has 2 saturated carbocycles. The van der Waals surface area contributed by atoms with E-state index in [0.717, 1.165) is 25.0 Å². The highest BCUT2D eigenvalue weighted by atomic mass is 19.4. The van der Waals surface area contributed by atoms with E-state index in [9.17, 15) is 22.8 Å². The molecule has 0 heterocycles. The van der Waals surface area contributed by atoms with Gasteiger partial charge in [0.05, 0.1) is 17.4 Å². The first kappa shape index (κ1) is 15.8. The van der Waals surface area contributed by atoms with E-state index >= 15 is 0 Å². The summed E-state index contributed by atoms with van der Waals surface area (Å²) in [5.41, 5.74) is -0.107. The molecule has 23 heavy (non-hydrogen) atoms. The topological polar surface area (TPSA) is 57.6 Å². The zero-order valence-corrected chi connectivity index (χ0v) is 12.2. The minimum atomic E-state index is -4.38. The van der Waals surface area contributed by atoms with Gasteiger partial charge in [-0.25, -0.2) is 0 Å². The number of halogens is 3. The van der Waals surface area contributed by atoms with Gasteiger partial charge in [0.15, 0.2) is 0 Å². The van der Waals surface area contributed by atoms with E-state index in [1.54, 1.807) is 4.90 Å². The Morgan fingerprint density at radius 2 is 1.74 bits per heavy atom. The molecule has 2 aliphatic carbocycles. The first-order valence-electron chi connectivity index (χ1n) is 7.47. The van der Waals surface area contributed by atoms with Crippen molar-refractivity contribution in [1.29, 1.82) is 0 Å². The standard InChI is InChI=1S/C16H16F3NO3/c17-16(18,19)10-3-1-9(2-4-10)8-20(11-5-6-11)14(21)12-7-13(12)15(22)23/h1-4,11-13H,5-8H2,(H,22,23). The zero-order valence-electron chi connectivity index (χ0n) is 12.2. The molecule has 7 heteroatoms. The summed E-state index contributed by atoms with van der Waals surface area (Å²) in [5, 5.41) is 8.93. The van der Waals surface area contributed by atoms with Gasteiger partial charge in [-0.15, -0.1) is 0 Å². The maximum Gasteiger partial charge on any atom is 0.416 e. The fourth-order valence-electron chi connectivity index (χ4n) is 2.72. The number of benzene rings is 1. The molecule has 0 saturated heterocycles. The van der Waals surface area contributed by atoms with E-state index in [0.29, 0.717) is 12.0 Å². The molecule has 2 aliphatic rings. The van der Waals surface area contributed by atoms with Gasteiger partial charge in [0.25, 0.3) is 0 Å². The molecule has 0 aromatic heterocycles. The second-order valence-corrected chi connectivity index (χ2v) is 6.18. The van der Waals surface area contributed by atoms with Crippen LogP contribution < -0.4 is 0 Å². The Labute approximate surface area is 130 Å². The highest BCUT2D eigenvalue weighted by molar-refractivity contribution is 5.89. The summed E-state index contributed by atoms with van der Waals surface area (Å²) in [5.74, 6) is -2.26. The number of hydrogen-bond acceptors (Lipinski definition) is 2. The van der Waals surface area contributed by atoms with Crippen LogP contribution >= 0.6 is 0 Å². The Hall–Kier alpha value is -2.05. The van der Waals surface area contributed by atoms with Crippen LogP contribution in [0.1, 0.15) is 30.4 Å². The van der Waals surface area contributed by atoms with Crippen LogP contribution in [0.5, 0.6) is 0 Å². The Morgan fingerprint density at radius 1 is 1.13 bits per heavy atom. The van der Waals surface area contributed by atoms with Gasteiger partial charge >= 0.3 is 12.1 Å². The van der Waals surface area contributed by atoms with Crippen molar-refractivity contribution in [3.63, 3.8) is 0 Å². The molecule has 1 amide bonds. The van der Waals surface area contributed by atoms with Crippen molar-refractivity contribution >= 4 is 11.9 Å². The molecular formula is C16H16F3NO3. The second kappa shape index (κ2) is 5.54. The lowest BCUT2D eigenvalue weighted by Crippen LogP contribution is -2.34. The molecule has 0 bridgehead atoms. The van der Waals surface area contributed by atoms with Crippen molar-refractivity contribution in [1.82, 2.24) is 4.90 Å². The second-order valence-electron chi connectivity index (χ2n) is 6.18. The summed E-state index contributed by atoms with van der Waals surface area (Å²) in [6, 6.07) is 4.82. The maximum atomic E-state index is 12.6. The van der Waals surface area contributed by atoms with Crippen molar-refractivity contribution in [2.75, 3.05) is 0 Å². The van der Waals surface area contributed by atoms with Crippen molar-refractivity contribution in [2.24, 2.45) is 11.8 Å². The van der Waals surface area contributed by atoms with E-state index in [4.69, 9.17) is 5.11 Å². The van der Waals surface area contributed by atoms with E-state index < -0.39 is 29.5 Å². The van der Waals surface area contributed by atoms with Crippen molar-refractivity contribution in [3.05, 3.63) is 35.4 Å². The molecule has 1 N–H and O–H groups in total. The van der Waals surface area contributed by atoms with Gasteiger partial charge in [-0.2, -0.15) is 13.2 Å². The fourth-order valence-corrected chi connectivity index (χ4v) is 2.72. The molecule has 4 nitrogen and oxygen atoms in total. The van der Waals surface area contributed by atoms with Gasteiger partial charge < -0.3 is 10.0 Å². The molecule has 1 aromatic rings.